The van der Waals surface area contributed by atoms with Crippen molar-refractivity contribution in [2.24, 2.45) is 33.0 Å². The second kappa shape index (κ2) is 11.6. The van der Waals surface area contributed by atoms with Crippen LogP contribution in [0.15, 0.2) is 23.3 Å². The van der Waals surface area contributed by atoms with Gasteiger partial charge in [0.25, 0.3) is 5.91 Å². The first kappa shape index (κ1) is 35.8. The van der Waals surface area contributed by atoms with Crippen LogP contribution in [0.2, 0.25) is 0 Å². The summed E-state index contributed by atoms with van der Waals surface area (Å²) >= 11 is 0. The highest BCUT2D eigenvalue weighted by atomic mass is 19.3. The van der Waals surface area contributed by atoms with Crippen LogP contribution in [-0.4, -0.2) is 28.9 Å². The Morgan fingerprint density at radius 3 is 2.07 bits per heavy atom. The molecule has 2 aliphatic carbocycles. The van der Waals surface area contributed by atoms with E-state index < -0.39 is 39.0 Å². The molecule has 0 aromatic rings. The summed E-state index contributed by atoms with van der Waals surface area (Å²) in [5.41, 5.74) is -2.19. The average Bonchev–Trinajstić information content (AvgIpc) is 2.85. The summed E-state index contributed by atoms with van der Waals surface area (Å²) in [4.78, 5) is 38.5. The summed E-state index contributed by atoms with van der Waals surface area (Å²) in [7, 11) is 0. The van der Waals surface area contributed by atoms with E-state index in [0.717, 1.165) is 31.3 Å². The van der Waals surface area contributed by atoms with Crippen LogP contribution in [-0.2, 0) is 14.4 Å². The maximum atomic E-state index is 14.0. The lowest BCUT2D eigenvalue weighted by atomic mass is 9.42. The van der Waals surface area contributed by atoms with E-state index in [1.165, 1.54) is 6.92 Å². The number of fused-ring (bicyclic) bond motifs is 1. The molecule has 0 aromatic carbocycles. The number of amides is 1. The predicted octanol–water partition coefficient (Wildman–Crippen LogP) is 8.54. The highest BCUT2D eigenvalue weighted by Crippen LogP contribution is 2.67. The summed E-state index contributed by atoms with van der Waals surface area (Å²) in [6.07, 6.45) is 8.30. The van der Waals surface area contributed by atoms with Crippen molar-refractivity contribution < 1.29 is 23.2 Å². The van der Waals surface area contributed by atoms with Gasteiger partial charge in [-0.2, -0.15) is 14.0 Å². The Bertz CT molecular complexity index is 1200. The van der Waals surface area contributed by atoms with Gasteiger partial charge in [-0.3, -0.25) is 14.4 Å². The van der Waals surface area contributed by atoms with Gasteiger partial charge in [-0.05, 0) is 80.6 Å². The van der Waals surface area contributed by atoms with E-state index in [4.69, 9.17) is 0 Å². The number of Topliss-reactive ketones (excluding diaryl/α,β-unsaturated/α-hetero) is 1. The first-order valence-electron chi connectivity index (χ1n) is 15.4. The fourth-order valence-electron chi connectivity index (χ4n) is 7.40. The van der Waals surface area contributed by atoms with E-state index in [-0.39, 0.29) is 28.5 Å². The summed E-state index contributed by atoms with van der Waals surface area (Å²) in [6.45, 7) is 22.7. The smallest absolute Gasteiger partial charge is 0.321 e. The minimum Gasteiger partial charge on any atom is -0.346 e. The van der Waals surface area contributed by atoms with Crippen molar-refractivity contribution in [2.75, 3.05) is 0 Å². The molecule has 1 amide bonds. The van der Waals surface area contributed by atoms with Crippen molar-refractivity contribution in [3.63, 3.8) is 0 Å². The third-order valence-electron chi connectivity index (χ3n) is 11.4. The monoisotopic (exact) mass is 588 g/mol. The van der Waals surface area contributed by atoms with Crippen LogP contribution < -0.4 is 5.32 Å². The van der Waals surface area contributed by atoms with Crippen molar-refractivity contribution in [3.05, 3.63) is 23.3 Å². The molecule has 0 heterocycles. The molecule has 1 N–H and O–H groups in total. The quantitative estimate of drug-likeness (QED) is 0.245. The average molecular weight is 589 g/mol. The van der Waals surface area contributed by atoms with Gasteiger partial charge in [-0.15, -0.1) is 0 Å². The molecule has 0 unspecified atom stereocenters. The van der Waals surface area contributed by atoms with Crippen molar-refractivity contribution in [2.45, 2.75) is 139 Å². The Morgan fingerprint density at radius 1 is 1.05 bits per heavy atom. The third-order valence-corrected chi connectivity index (χ3v) is 11.4. The molecule has 5 nitrogen and oxygen atoms in total. The minimum atomic E-state index is -3.48. The number of rotatable bonds is 11. The SMILES string of the molecule is CCC(C)(C)CC[C@@](C)(CCC(C)(C)[C@]1(C)CC[C@H]2C(C)(C)C(=O)C(C#N)=C[C@]2(C)/C1=C/C(C)=O)NC(=O)C(C)(F)F. The lowest BCUT2D eigenvalue weighted by Gasteiger charge is -2.61. The summed E-state index contributed by atoms with van der Waals surface area (Å²) in [6, 6.07) is 2.11. The molecular weight excluding hydrogens is 534 g/mol. The molecule has 1 fully saturated rings. The number of carbonyl (C=O) groups excluding carboxylic acids is 3. The molecule has 1 saturated carbocycles. The van der Waals surface area contributed by atoms with E-state index in [2.05, 4.69) is 52.9 Å². The van der Waals surface area contributed by atoms with Crippen LogP contribution in [0.25, 0.3) is 0 Å². The van der Waals surface area contributed by atoms with Crippen LogP contribution in [0.1, 0.15) is 128 Å². The molecule has 0 aliphatic heterocycles. The first-order valence-corrected chi connectivity index (χ1v) is 15.4. The second-order valence-electron chi connectivity index (χ2n) is 15.9. The Hall–Kier alpha value is -2.36. The molecule has 4 atom stereocenters. The standard InChI is InChI=1S/C35H54F2N2O3/c1-13-29(3,4)16-18-32(9,39-28(42)35(12,36)37)19-17-30(5,6)34(11)15-14-25-31(7,8)27(41)24(22-38)21-33(25,10)26(34)20-23(2)40/h20-21,25H,13-19H2,1-12H3,(H,39,42)/b26-20-/t25-,32-,33-,34+/m0/s1. The van der Waals surface area contributed by atoms with Crippen molar-refractivity contribution in [1.29, 1.82) is 5.26 Å². The fraction of sp³-hybridized carbons (Fsp3) is 0.771. The van der Waals surface area contributed by atoms with Crippen LogP contribution in [0.3, 0.4) is 0 Å². The number of carbonyl (C=O) groups is 3. The lowest BCUT2D eigenvalue weighted by molar-refractivity contribution is -0.145. The van der Waals surface area contributed by atoms with E-state index >= 15 is 0 Å². The fourth-order valence-corrected chi connectivity index (χ4v) is 7.40. The molecule has 2 rings (SSSR count). The van der Waals surface area contributed by atoms with E-state index in [1.54, 1.807) is 12.2 Å². The number of halogens is 2. The summed E-state index contributed by atoms with van der Waals surface area (Å²) in [5.74, 6) is -5.09. The zero-order valence-electron chi connectivity index (χ0n) is 28.1. The second-order valence-corrected chi connectivity index (χ2v) is 15.9. The summed E-state index contributed by atoms with van der Waals surface area (Å²) < 4.78 is 28.1. The number of hydrogen-bond acceptors (Lipinski definition) is 4. The largest absolute Gasteiger partial charge is 0.346 e. The van der Waals surface area contributed by atoms with Crippen molar-refractivity contribution >= 4 is 17.5 Å². The number of nitrogens with one attached hydrogen (secondary N) is 1. The number of ketones is 2. The molecular formula is C35H54F2N2O3. The van der Waals surface area contributed by atoms with Crippen molar-refractivity contribution in [1.82, 2.24) is 5.32 Å². The van der Waals surface area contributed by atoms with Gasteiger partial charge in [-0.25, -0.2) is 0 Å². The molecule has 0 bridgehead atoms. The molecule has 0 spiro atoms. The van der Waals surface area contributed by atoms with Gasteiger partial charge in [-0.1, -0.05) is 80.4 Å². The normalized spacial score (nSPS) is 28.8. The van der Waals surface area contributed by atoms with Gasteiger partial charge in [0.05, 0.1) is 5.57 Å². The molecule has 236 valence electrons. The Labute approximate surface area is 253 Å². The molecule has 2 aliphatic rings. The molecule has 0 aromatic heterocycles. The Kier molecular flexibility index (Phi) is 9.91. The van der Waals surface area contributed by atoms with Gasteiger partial charge in [0, 0.05) is 23.3 Å². The van der Waals surface area contributed by atoms with Crippen LogP contribution in [0.4, 0.5) is 8.78 Å². The minimum absolute atomic E-state index is 0.00257. The zero-order chi connectivity index (χ0) is 32.7. The van der Waals surface area contributed by atoms with Gasteiger partial charge in [0.15, 0.2) is 11.6 Å². The Balaban J connectivity index is 2.58. The van der Waals surface area contributed by atoms with Gasteiger partial charge in [0.2, 0.25) is 0 Å². The molecule has 7 heteroatoms. The molecule has 0 radical (unpaired) electrons. The summed E-state index contributed by atoms with van der Waals surface area (Å²) in [5, 5.41) is 12.6. The van der Waals surface area contributed by atoms with Crippen LogP contribution >= 0.6 is 0 Å². The Morgan fingerprint density at radius 2 is 1.60 bits per heavy atom. The lowest BCUT2D eigenvalue weighted by Crippen LogP contribution is -2.56. The van der Waals surface area contributed by atoms with Gasteiger partial charge < -0.3 is 5.32 Å². The van der Waals surface area contributed by atoms with Gasteiger partial charge in [0.1, 0.15) is 6.07 Å². The van der Waals surface area contributed by atoms with E-state index in [0.29, 0.717) is 26.2 Å². The van der Waals surface area contributed by atoms with Crippen LogP contribution in [0, 0.1) is 44.3 Å². The third kappa shape index (κ3) is 6.89. The zero-order valence-corrected chi connectivity index (χ0v) is 28.1. The number of nitriles is 1. The number of nitrogens with zero attached hydrogens (tertiary/aromatic N) is 1. The topological polar surface area (TPSA) is 87.0 Å². The maximum Gasteiger partial charge on any atom is 0.321 e. The highest BCUT2D eigenvalue weighted by molar-refractivity contribution is 6.04. The van der Waals surface area contributed by atoms with Crippen LogP contribution in [0.5, 0.6) is 0 Å². The molecule has 0 saturated heterocycles. The number of alkyl halides is 2. The van der Waals surface area contributed by atoms with Crippen molar-refractivity contribution in [3.8, 4) is 6.07 Å². The number of allylic oxidation sites excluding steroid dienone is 4. The highest BCUT2D eigenvalue weighted by Gasteiger charge is 2.61. The maximum absolute atomic E-state index is 14.0. The number of hydrogen-bond donors (Lipinski definition) is 1. The predicted molar refractivity (Wildman–Crippen MR) is 164 cm³/mol. The van der Waals surface area contributed by atoms with E-state index in [1.807, 2.05) is 27.7 Å². The first-order chi connectivity index (χ1) is 18.8. The molecule has 42 heavy (non-hydrogen) atoms. The van der Waals surface area contributed by atoms with E-state index in [9.17, 15) is 28.4 Å². The van der Waals surface area contributed by atoms with Gasteiger partial charge >= 0.3 is 5.92 Å².